The van der Waals surface area contributed by atoms with Crippen molar-refractivity contribution in [1.29, 1.82) is 5.53 Å². The van der Waals surface area contributed by atoms with Crippen molar-refractivity contribution in [3.8, 4) is 0 Å². The van der Waals surface area contributed by atoms with Gasteiger partial charge in [0, 0.05) is 24.7 Å². The Hall–Kier alpha value is -1.17. The number of nitrogens with zero attached hydrogens (tertiary/aromatic N) is 1. The molecule has 0 fully saturated rings. The van der Waals surface area contributed by atoms with E-state index < -0.39 is 0 Å². The fraction of sp³-hybridized carbons (Fsp3) is 0.333. The number of nitrogens with one attached hydrogen (secondary N) is 1. The van der Waals surface area contributed by atoms with E-state index in [2.05, 4.69) is 17.7 Å². The molecule has 0 spiro atoms. The SMILES string of the molecule is N=N/C(=C\S)c1ccc(CC(CO)CO)cc1. The zero-order chi connectivity index (χ0) is 12.7. The van der Waals surface area contributed by atoms with Gasteiger partial charge in [0.25, 0.3) is 0 Å². The molecule has 1 aromatic carbocycles. The summed E-state index contributed by atoms with van der Waals surface area (Å²) in [5.74, 6) is -0.124. The van der Waals surface area contributed by atoms with E-state index in [1.807, 2.05) is 24.3 Å². The molecule has 1 aromatic rings. The lowest BCUT2D eigenvalue weighted by atomic mass is 9.99. The molecule has 17 heavy (non-hydrogen) atoms. The molecule has 0 amide bonds. The minimum Gasteiger partial charge on any atom is -0.396 e. The molecular weight excluding hydrogens is 236 g/mol. The normalized spacial score (nSPS) is 11.9. The van der Waals surface area contributed by atoms with Crippen molar-refractivity contribution in [3.05, 3.63) is 40.8 Å². The van der Waals surface area contributed by atoms with Crippen molar-refractivity contribution in [2.24, 2.45) is 11.0 Å². The highest BCUT2D eigenvalue weighted by molar-refractivity contribution is 7.83. The van der Waals surface area contributed by atoms with Crippen molar-refractivity contribution < 1.29 is 10.2 Å². The first kappa shape index (κ1) is 13.9. The number of aliphatic hydroxyl groups excluding tert-OH is 2. The Morgan fingerprint density at radius 1 is 1.29 bits per heavy atom. The van der Waals surface area contributed by atoms with Crippen LogP contribution in [0.5, 0.6) is 0 Å². The van der Waals surface area contributed by atoms with Crippen LogP contribution in [0, 0.1) is 11.4 Å². The predicted molar refractivity (Wildman–Crippen MR) is 69.9 cm³/mol. The molecule has 0 aromatic heterocycles. The third-order valence-electron chi connectivity index (χ3n) is 2.53. The van der Waals surface area contributed by atoms with Gasteiger partial charge in [0.1, 0.15) is 0 Å². The molecule has 0 aliphatic carbocycles. The maximum atomic E-state index is 8.99. The average molecular weight is 252 g/mol. The van der Waals surface area contributed by atoms with Crippen molar-refractivity contribution >= 4 is 18.3 Å². The van der Waals surface area contributed by atoms with E-state index in [4.69, 9.17) is 15.7 Å². The number of aliphatic hydroxyl groups is 2. The minimum atomic E-state index is -0.124. The molecule has 0 saturated carbocycles. The van der Waals surface area contributed by atoms with Crippen molar-refractivity contribution in [1.82, 2.24) is 0 Å². The van der Waals surface area contributed by atoms with Crippen LogP contribution in [0.1, 0.15) is 11.1 Å². The van der Waals surface area contributed by atoms with Crippen LogP contribution in [-0.2, 0) is 6.42 Å². The van der Waals surface area contributed by atoms with E-state index in [0.29, 0.717) is 12.1 Å². The van der Waals surface area contributed by atoms with Crippen LogP contribution in [0.4, 0.5) is 0 Å². The molecule has 0 aliphatic heterocycles. The highest BCUT2D eigenvalue weighted by atomic mass is 32.1. The first-order valence-electron chi connectivity index (χ1n) is 5.28. The van der Waals surface area contributed by atoms with E-state index in [0.717, 1.165) is 11.1 Å². The monoisotopic (exact) mass is 252 g/mol. The molecule has 0 bridgehead atoms. The fourth-order valence-electron chi connectivity index (χ4n) is 1.50. The average Bonchev–Trinajstić information content (AvgIpc) is 2.39. The lowest BCUT2D eigenvalue weighted by Gasteiger charge is -2.10. The highest BCUT2D eigenvalue weighted by Crippen LogP contribution is 2.18. The van der Waals surface area contributed by atoms with Crippen LogP contribution >= 0.6 is 12.6 Å². The topological polar surface area (TPSA) is 76.7 Å². The summed E-state index contributed by atoms with van der Waals surface area (Å²) in [6.45, 7) is -0.0514. The molecule has 5 heteroatoms. The van der Waals surface area contributed by atoms with Crippen molar-refractivity contribution in [2.45, 2.75) is 6.42 Å². The maximum absolute atomic E-state index is 8.99. The standard InChI is InChI=1S/C12H16N2O2S/c13-14-12(8-17)11-3-1-9(2-4-11)5-10(6-15)7-16/h1-4,8,10,13,15-17H,5-7H2/b12-8-,14-13?. The van der Waals surface area contributed by atoms with Crippen LogP contribution in [0.25, 0.3) is 5.70 Å². The number of benzene rings is 1. The lowest BCUT2D eigenvalue weighted by Crippen LogP contribution is -2.13. The minimum absolute atomic E-state index is 0.0257. The second-order valence-corrected chi connectivity index (χ2v) is 4.02. The third kappa shape index (κ3) is 3.96. The van der Waals surface area contributed by atoms with Gasteiger partial charge >= 0.3 is 0 Å². The zero-order valence-corrected chi connectivity index (χ0v) is 10.3. The first-order chi connectivity index (χ1) is 8.24. The molecule has 0 heterocycles. The Morgan fingerprint density at radius 3 is 2.29 bits per heavy atom. The fourth-order valence-corrected chi connectivity index (χ4v) is 1.71. The Kier molecular flexibility index (Phi) is 5.90. The van der Waals surface area contributed by atoms with Crippen LogP contribution in [0.3, 0.4) is 0 Å². The summed E-state index contributed by atoms with van der Waals surface area (Å²) in [5, 5.41) is 22.8. The zero-order valence-electron chi connectivity index (χ0n) is 9.37. The first-order valence-corrected chi connectivity index (χ1v) is 5.79. The van der Waals surface area contributed by atoms with E-state index in [1.54, 1.807) is 0 Å². The van der Waals surface area contributed by atoms with Gasteiger partial charge < -0.3 is 10.2 Å². The summed E-state index contributed by atoms with van der Waals surface area (Å²) in [5.41, 5.74) is 9.32. The molecule has 92 valence electrons. The lowest BCUT2D eigenvalue weighted by molar-refractivity contribution is 0.150. The van der Waals surface area contributed by atoms with Gasteiger partial charge in [-0.15, -0.1) is 12.6 Å². The van der Waals surface area contributed by atoms with Crippen LogP contribution < -0.4 is 0 Å². The van der Waals surface area contributed by atoms with Gasteiger partial charge in [-0.25, -0.2) is 5.53 Å². The van der Waals surface area contributed by atoms with Crippen LogP contribution in [0.2, 0.25) is 0 Å². The molecule has 0 saturated heterocycles. The van der Waals surface area contributed by atoms with Gasteiger partial charge in [0.15, 0.2) is 0 Å². The van der Waals surface area contributed by atoms with Gasteiger partial charge in [-0.2, -0.15) is 5.11 Å². The Morgan fingerprint density at radius 2 is 1.88 bits per heavy atom. The summed E-state index contributed by atoms with van der Waals surface area (Å²) in [6.07, 6.45) is 0.630. The van der Waals surface area contributed by atoms with Gasteiger partial charge in [-0.3, -0.25) is 0 Å². The van der Waals surface area contributed by atoms with Crippen molar-refractivity contribution in [3.63, 3.8) is 0 Å². The van der Waals surface area contributed by atoms with E-state index in [9.17, 15) is 0 Å². The van der Waals surface area contributed by atoms with E-state index in [-0.39, 0.29) is 19.1 Å². The molecule has 4 nitrogen and oxygen atoms in total. The third-order valence-corrected chi connectivity index (χ3v) is 2.78. The predicted octanol–water partition coefficient (Wildman–Crippen LogP) is 2.09. The maximum Gasteiger partial charge on any atom is 0.0982 e. The van der Waals surface area contributed by atoms with Gasteiger partial charge in [0.2, 0.25) is 0 Å². The summed E-state index contributed by atoms with van der Waals surface area (Å²) in [7, 11) is 0. The Balaban J connectivity index is 2.77. The summed E-state index contributed by atoms with van der Waals surface area (Å²) < 4.78 is 0. The van der Waals surface area contributed by atoms with Crippen LogP contribution in [-0.4, -0.2) is 23.4 Å². The van der Waals surface area contributed by atoms with E-state index >= 15 is 0 Å². The largest absolute Gasteiger partial charge is 0.396 e. The van der Waals surface area contributed by atoms with Crippen LogP contribution in [0.15, 0.2) is 34.8 Å². The molecule has 0 unspecified atom stereocenters. The number of hydrogen-bond donors (Lipinski definition) is 4. The quantitative estimate of drug-likeness (QED) is 0.462. The molecule has 0 aliphatic rings. The Bertz CT molecular complexity index is 386. The highest BCUT2D eigenvalue weighted by Gasteiger charge is 2.07. The molecular formula is C12H16N2O2S. The van der Waals surface area contributed by atoms with Gasteiger partial charge in [-0.05, 0) is 17.4 Å². The number of thiol groups is 1. The smallest absolute Gasteiger partial charge is 0.0982 e. The second-order valence-electron chi connectivity index (χ2n) is 3.76. The molecule has 3 N–H and O–H groups in total. The van der Waals surface area contributed by atoms with Gasteiger partial charge in [-0.1, -0.05) is 24.3 Å². The molecule has 0 radical (unpaired) electrons. The molecule has 1 rings (SSSR count). The Labute approximate surface area is 106 Å². The summed E-state index contributed by atoms with van der Waals surface area (Å²) in [6, 6.07) is 7.49. The van der Waals surface area contributed by atoms with Gasteiger partial charge in [0.05, 0.1) is 5.70 Å². The summed E-state index contributed by atoms with van der Waals surface area (Å²) >= 11 is 3.98. The number of rotatable bonds is 6. The van der Waals surface area contributed by atoms with E-state index in [1.165, 1.54) is 5.41 Å². The summed E-state index contributed by atoms with van der Waals surface area (Å²) in [4.78, 5) is 0. The van der Waals surface area contributed by atoms with Crippen molar-refractivity contribution in [2.75, 3.05) is 13.2 Å². The second kappa shape index (κ2) is 7.21. The number of hydrogen-bond acceptors (Lipinski definition) is 5. The molecule has 0 atom stereocenters.